The second kappa shape index (κ2) is 13.7. The predicted octanol–water partition coefficient (Wildman–Crippen LogP) is 4.14. The van der Waals surface area contributed by atoms with Crippen LogP contribution in [0.2, 0.25) is 0 Å². The fourth-order valence-corrected chi connectivity index (χ4v) is 4.99. The Bertz CT molecular complexity index is 1040. The monoisotopic (exact) mass is 525 g/mol. The Labute approximate surface area is 224 Å². The van der Waals surface area contributed by atoms with E-state index in [1.54, 1.807) is 19.1 Å². The van der Waals surface area contributed by atoms with Gasteiger partial charge in [-0.25, -0.2) is 4.79 Å². The summed E-state index contributed by atoms with van der Waals surface area (Å²) >= 11 is 0. The highest BCUT2D eigenvalue weighted by Gasteiger charge is 2.39. The van der Waals surface area contributed by atoms with Crippen molar-refractivity contribution in [3.8, 4) is 0 Å². The van der Waals surface area contributed by atoms with Gasteiger partial charge in [-0.05, 0) is 56.1 Å². The van der Waals surface area contributed by atoms with E-state index >= 15 is 0 Å². The van der Waals surface area contributed by atoms with Gasteiger partial charge >= 0.3 is 12.0 Å². The highest BCUT2D eigenvalue weighted by atomic mass is 16.7. The van der Waals surface area contributed by atoms with Gasteiger partial charge in [0, 0.05) is 23.7 Å². The summed E-state index contributed by atoms with van der Waals surface area (Å²) < 4.78 is 17.9. The lowest BCUT2D eigenvalue weighted by molar-refractivity contribution is -0.276. The Morgan fingerprint density at radius 2 is 1.68 bits per heavy atom. The van der Waals surface area contributed by atoms with Gasteiger partial charge in [-0.1, -0.05) is 49.7 Å². The number of urea groups is 1. The Balaban J connectivity index is 1.45. The molecule has 0 saturated carbocycles. The van der Waals surface area contributed by atoms with Crippen molar-refractivity contribution in [2.45, 2.75) is 58.2 Å². The van der Waals surface area contributed by atoms with Crippen LogP contribution >= 0.6 is 0 Å². The molecule has 2 aliphatic heterocycles. The van der Waals surface area contributed by atoms with E-state index in [1.165, 1.54) is 19.3 Å². The molecule has 2 aliphatic rings. The first-order valence-electron chi connectivity index (χ1n) is 13.5. The van der Waals surface area contributed by atoms with E-state index in [0.29, 0.717) is 5.69 Å². The number of esters is 1. The lowest BCUT2D eigenvalue weighted by atomic mass is 9.89. The normalized spacial score (nSPS) is 24.0. The van der Waals surface area contributed by atoms with Gasteiger partial charge < -0.3 is 34.9 Å². The molecule has 2 saturated heterocycles. The lowest BCUT2D eigenvalue weighted by Crippen LogP contribution is -2.45. The van der Waals surface area contributed by atoms with E-state index in [9.17, 15) is 14.7 Å². The molecule has 0 spiro atoms. The van der Waals surface area contributed by atoms with E-state index in [1.807, 2.05) is 36.4 Å². The Hall–Kier alpha value is -2.98. The number of likely N-dealkylation sites (tertiary alicyclic amines) is 1. The first kappa shape index (κ1) is 28.0. The van der Waals surface area contributed by atoms with Crippen molar-refractivity contribution in [2.24, 2.45) is 5.92 Å². The summed E-state index contributed by atoms with van der Waals surface area (Å²) in [5, 5.41) is 14.7. The summed E-state index contributed by atoms with van der Waals surface area (Å²) in [6, 6.07) is 14.8. The highest BCUT2D eigenvalue weighted by Crippen LogP contribution is 2.42. The molecule has 0 aliphatic carbocycles. The third kappa shape index (κ3) is 7.54. The van der Waals surface area contributed by atoms with Crippen molar-refractivity contribution >= 4 is 17.7 Å². The molecule has 2 heterocycles. The molecule has 2 amide bonds. The van der Waals surface area contributed by atoms with Crippen LogP contribution in [0.4, 0.5) is 10.5 Å². The van der Waals surface area contributed by atoms with Crippen LogP contribution < -0.4 is 10.6 Å². The summed E-state index contributed by atoms with van der Waals surface area (Å²) in [7, 11) is 0. The number of ether oxygens (including phenoxy) is 3. The SMILES string of the molecule is CCOC(=O)CNC(=O)Nc1ccc([C@H]2O[C@@H](CN3CCCCC3)[C@@H](C)[C@@H](c3ccc(CO)cc3)O2)cc1. The van der Waals surface area contributed by atoms with E-state index in [2.05, 4.69) is 22.5 Å². The number of piperidine rings is 1. The molecular weight excluding hydrogens is 486 g/mol. The molecule has 4 rings (SSSR count). The minimum absolute atomic E-state index is 0.00586. The number of carbonyl (C=O) groups excluding carboxylic acids is 2. The number of hydrogen-bond donors (Lipinski definition) is 3. The molecule has 9 nitrogen and oxygen atoms in total. The average Bonchev–Trinajstić information content (AvgIpc) is 2.94. The third-order valence-corrected chi connectivity index (χ3v) is 7.15. The average molecular weight is 526 g/mol. The zero-order valence-electron chi connectivity index (χ0n) is 22.2. The third-order valence-electron chi connectivity index (χ3n) is 7.15. The first-order chi connectivity index (χ1) is 18.5. The van der Waals surface area contributed by atoms with Gasteiger partial charge in [0.05, 0.1) is 25.4 Å². The standard InChI is InChI=1S/C29H39N3O6/c1-3-36-26(34)17-30-29(35)31-24-13-11-23(12-14-24)28-37-25(18-32-15-5-4-6-16-32)20(2)27(38-28)22-9-7-21(19-33)8-10-22/h7-14,20,25,27-28,33H,3-6,15-19H2,1-2H3,(H2,30,31,35)/t20-,25+,27+,28+/m1/s1. The number of aliphatic hydroxyl groups excluding tert-OH is 1. The topological polar surface area (TPSA) is 109 Å². The molecule has 38 heavy (non-hydrogen) atoms. The lowest BCUT2D eigenvalue weighted by Gasteiger charge is -2.43. The van der Waals surface area contributed by atoms with Gasteiger partial charge in [0.2, 0.25) is 0 Å². The smallest absolute Gasteiger partial charge is 0.325 e. The first-order valence-corrected chi connectivity index (χ1v) is 13.5. The van der Waals surface area contributed by atoms with Crippen LogP contribution in [0.15, 0.2) is 48.5 Å². The fourth-order valence-electron chi connectivity index (χ4n) is 4.99. The molecule has 2 fully saturated rings. The molecule has 9 heteroatoms. The molecule has 0 radical (unpaired) electrons. The summed E-state index contributed by atoms with van der Waals surface area (Å²) in [4.78, 5) is 26.1. The quantitative estimate of drug-likeness (QED) is 0.422. The Kier molecular flexibility index (Phi) is 10.1. The molecule has 0 aromatic heterocycles. The number of hydrogen-bond acceptors (Lipinski definition) is 7. The molecule has 206 valence electrons. The minimum atomic E-state index is -0.560. The maximum absolute atomic E-state index is 12.1. The number of nitrogens with zero attached hydrogens (tertiary/aromatic N) is 1. The number of rotatable bonds is 9. The van der Waals surface area contributed by atoms with Crippen LogP contribution in [0.1, 0.15) is 62.2 Å². The molecule has 2 aromatic carbocycles. The van der Waals surface area contributed by atoms with Crippen LogP contribution in [0.3, 0.4) is 0 Å². The number of amides is 2. The van der Waals surface area contributed by atoms with E-state index in [0.717, 1.165) is 36.3 Å². The summed E-state index contributed by atoms with van der Waals surface area (Å²) in [6.45, 7) is 7.00. The second-order valence-electron chi connectivity index (χ2n) is 9.92. The zero-order valence-corrected chi connectivity index (χ0v) is 22.2. The van der Waals surface area contributed by atoms with Gasteiger partial charge in [-0.2, -0.15) is 0 Å². The van der Waals surface area contributed by atoms with Crippen molar-refractivity contribution in [1.29, 1.82) is 0 Å². The van der Waals surface area contributed by atoms with Gasteiger partial charge in [-0.3, -0.25) is 4.79 Å². The molecular formula is C29H39N3O6. The number of aliphatic hydroxyl groups is 1. The van der Waals surface area contributed by atoms with Crippen LogP contribution in [-0.2, 0) is 25.6 Å². The van der Waals surface area contributed by atoms with Crippen molar-refractivity contribution in [1.82, 2.24) is 10.2 Å². The van der Waals surface area contributed by atoms with Gasteiger partial charge in [-0.15, -0.1) is 0 Å². The molecule has 2 aromatic rings. The number of nitrogens with one attached hydrogen (secondary N) is 2. The summed E-state index contributed by atoms with van der Waals surface area (Å²) in [5.41, 5.74) is 3.36. The van der Waals surface area contributed by atoms with E-state index in [-0.39, 0.29) is 37.9 Å². The van der Waals surface area contributed by atoms with Crippen LogP contribution in [0.5, 0.6) is 0 Å². The Morgan fingerprint density at radius 1 is 1.00 bits per heavy atom. The molecule has 0 unspecified atom stereocenters. The molecule has 3 N–H and O–H groups in total. The van der Waals surface area contributed by atoms with Crippen LogP contribution in [0, 0.1) is 5.92 Å². The maximum Gasteiger partial charge on any atom is 0.325 e. The summed E-state index contributed by atoms with van der Waals surface area (Å²) in [6.07, 6.45) is 2.98. The second-order valence-corrected chi connectivity index (χ2v) is 9.92. The van der Waals surface area contributed by atoms with Gasteiger partial charge in [0.1, 0.15) is 6.54 Å². The van der Waals surface area contributed by atoms with E-state index in [4.69, 9.17) is 14.2 Å². The van der Waals surface area contributed by atoms with Crippen molar-refractivity contribution in [2.75, 3.05) is 38.1 Å². The number of anilines is 1. The van der Waals surface area contributed by atoms with Crippen LogP contribution in [0.25, 0.3) is 0 Å². The van der Waals surface area contributed by atoms with Crippen molar-refractivity contribution in [3.63, 3.8) is 0 Å². The van der Waals surface area contributed by atoms with Gasteiger partial charge in [0.25, 0.3) is 0 Å². The van der Waals surface area contributed by atoms with Crippen molar-refractivity contribution in [3.05, 3.63) is 65.2 Å². The minimum Gasteiger partial charge on any atom is -0.465 e. The largest absolute Gasteiger partial charge is 0.465 e. The predicted molar refractivity (Wildman–Crippen MR) is 143 cm³/mol. The number of carbonyl (C=O) groups is 2. The fraction of sp³-hybridized carbons (Fsp3) is 0.517. The zero-order chi connectivity index (χ0) is 26.9. The molecule has 4 atom stereocenters. The van der Waals surface area contributed by atoms with E-state index < -0.39 is 18.3 Å². The molecule has 0 bridgehead atoms. The van der Waals surface area contributed by atoms with Crippen molar-refractivity contribution < 1.29 is 28.9 Å². The maximum atomic E-state index is 12.1. The Morgan fingerprint density at radius 3 is 2.34 bits per heavy atom. The van der Waals surface area contributed by atoms with Crippen LogP contribution in [-0.4, -0.2) is 60.9 Å². The number of benzene rings is 2. The summed E-state index contributed by atoms with van der Waals surface area (Å²) in [5.74, 6) is -0.351. The van der Waals surface area contributed by atoms with Gasteiger partial charge in [0.15, 0.2) is 6.29 Å². The highest BCUT2D eigenvalue weighted by molar-refractivity contribution is 5.91.